The van der Waals surface area contributed by atoms with Gasteiger partial charge in [-0.05, 0) is 46.5 Å². The van der Waals surface area contributed by atoms with Gasteiger partial charge in [0.25, 0.3) is 0 Å². The molecule has 0 fully saturated rings. The lowest BCUT2D eigenvalue weighted by molar-refractivity contribution is -0.134. The van der Waals surface area contributed by atoms with E-state index in [1.54, 1.807) is 6.08 Å². The third-order valence-electron chi connectivity index (χ3n) is 2.69. The molecule has 0 aliphatic rings. The highest BCUT2D eigenvalue weighted by Gasteiger charge is 2.00. The smallest absolute Gasteiger partial charge is 0.330 e. The lowest BCUT2D eigenvalue weighted by Crippen LogP contribution is -2.04. The van der Waals surface area contributed by atoms with Gasteiger partial charge in [0.1, 0.15) is 0 Å². The van der Waals surface area contributed by atoms with Gasteiger partial charge >= 0.3 is 5.97 Å². The second-order valence-electron chi connectivity index (χ2n) is 4.92. The van der Waals surface area contributed by atoms with Gasteiger partial charge in [-0.3, -0.25) is 0 Å². The Kier molecular flexibility index (Phi) is 9.81. The number of hydrogen-bond acceptors (Lipinski definition) is 3. The van der Waals surface area contributed by atoms with Gasteiger partial charge in [-0.2, -0.15) is 0 Å². The highest BCUT2D eigenvalue weighted by Crippen LogP contribution is 2.10. The van der Waals surface area contributed by atoms with Crippen LogP contribution in [0.4, 0.5) is 0 Å². The van der Waals surface area contributed by atoms with Crippen LogP contribution in [0.2, 0.25) is 0 Å². The molecule has 1 unspecified atom stereocenters. The van der Waals surface area contributed by atoms with Gasteiger partial charge in [-0.25, -0.2) is 4.79 Å². The number of hydrogen-bond donors (Lipinski definition) is 1. The summed E-state index contributed by atoms with van der Waals surface area (Å²) in [5.74, 6) is -0.388. The predicted octanol–water partition coefficient (Wildman–Crippen LogP) is 3.55. The molecule has 3 heteroatoms. The Balaban J connectivity index is 3.93. The zero-order valence-electron chi connectivity index (χ0n) is 12.5. The largest absolute Gasteiger partial charge is 0.466 e. The molecule has 0 aromatic carbocycles. The van der Waals surface area contributed by atoms with E-state index in [-0.39, 0.29) is 5.97 Å². The van der Waals surface area contributed by atoms with E-state index >= 15 is 0 Å². The second kappa shape index (κ2) is 10.6. The first-order valence-corrected chi connectivity index (χ1v) is 6.67. The topological polar surface area (TPSA) is 46.5 Å². The number of esters is 1. The lowest BCUT2D eigenvalue weighted by atomic mass is 10.1. The molecule has 0 rings (SSSR count). The van der Waals surface area contributed by atoms with Crippen molar-refractivity contribution in [1.29, 1.82) is 0 Å². The van der Waals surface area contributed by atoms with E-state index in [9.17, 15) is 9.90 Å². The molecule has 0 heterocycles. The first-order valence-electron chi connectivity index (χ1n) is 6.67. The average molecular weight is 266 g/mol. The van der Waals surface area contributed by atoms with Crippen molar-refractivity contribution in [1.82, 2.24) is 0 Å². The summed E-state index contributed by atoms with van der Waals surface area (Å²) in [4.78, 5) is 10.8. The maximum atomic E-state index is 10.8. The quantitative estimate of drug-likeness (QED) is 0.415. The number of aliphatic hydroxyl groups is 1. The van der Waals surface area contributed by atoms with Crippen LogP contribution in [-0.4, -0.2) is 24.3 Å². The fourth-order valence-electron chi connectivity index (χ4n) is 1.51. The van der Waals surface area contributed by atoms with Gasteiger partial charge in [0.2, 0.25) is 0 Å². The molecule has 108 valence electrons. The van der Waals surface area contributed by atoms with Crippen LogP contribution in [0.15, 0.2) is 35.5 Å². The monoisotopic (exact) mass is 266 g/mol. The van der Waals surface area contributed by atoms with Crippen molar-refractivity contribution in [2.45, 2.75) is 52.6 Å². The minimum atomic E-state index is -0.445. The number of allylic oxidation sites excluding steroid dienone is 3. The van der Waals surface area contributed by atoms with Crippen LogP contribution in [0.3, 0.4) is 0 Å². The summed E-state index contributed by atoms with van der Waals surface area (Å²) in [6.45, 7) is 6.27. The molecule has 0 aromatic rings. The molecule has 19 heavy (non-hydrogen) atoms. The molecule has 0 spiro atoms. The van der Waals surface area contributed by atoms with Gasteiger partial charge in [0.05, 0.1) is 13.2 Å². The summed E-state index contributed by atoms with van der Waals surface area (Å²) >= 11 is 0. The number of carbonyl (C=O) groups is 1. The standard InChI is InChI=1S/C16H26O3/c1-13(2)7-5-8-14(3)11-12-15(17)9-6-10-16(18)19-4/h6-7,10-11,15,17H,5,8-9,12H2,1-4H3/b10-6+,14-11+. The zero-order valence-corrected chi connectivity index (χ0v) is 12.5. The lowest BCUT2D eigenvalue weighted by Gasteiger charge is -2.05. The number of aliphatic hydroxyl groups excluding tert-OH is 1. The number of ether oxygens (including phenoxy) is 1. The third-order valence-corrected chi connectivity index (χ3v) is 2.69. The fourth-order valence-corrected chi connectivity index (χ4v) is 1.51. The Morgan fingerprint density at radius 3 is 2.47 bits per heavy atom. The molecule has 3 nitrogen and oxygen atoms in total. The molecule has 0 saturated carbocycles. The van der Waals surface area contributed by atoms with Crippen LogP contribution in [0.1, 0.15) is 46.5 Å². The number of carbonyl (C=O) groups excluding carboxylic acids is 1. The average Bonchev–Trinajstić information content (AvgIpc) is 2.35. The Labute approximate surface area is 116 Å². The summed E-state index contributed by atoms with van der Waals surface area (Å²) in [6.07, 6.45) is 9.97. The SMILES string of the molecule is COC(=O)/C=C/CC(O)C/C=C(\C)CCC=C(C)C. The molecule has 1 atom stereocenters. The van der Waals surface area contributed by atoms with Crippen molar-refractivity contribution in [3.05, 3.63) is 35.5 Å². The summed E-state index contributed by atoms with van der Waals surface area (Å²) in [5, 5.41) is 9.74. The van der Waals surface area contributed by atoms with E-state index in [0.717, 1.165) is 12.8 Å². The highest BCUT2D eigenvalue weighted by atomic mass is 16.5. The highest BCUT2D eigenvalue weighted by molar-refractivity contribution is 5.81. The maximum Gasteiger partial charge on any atom is 0.330 e. The van der Waals surface area contributed by atoms with Crippen LogP contribution in [0.5, 0.6) is 0 Å². The van der Waals surface area contributed by atoms with Crippen molar-refractivity contribution >= 4 is 5.97 Å². The molecule has 0 radical (unpaired) electrons. The number of methoxy groups -OCH3 is 1. The van der Waals surface area contributed by atoms with Crippen molar-refractivity contribution < 1.29 is 14.6 Å². The fraction of sp³-hybridized carbons (Fsp3) is 0.562. The molecule has 0 aliphatic carbocycles. The normalized spacial score (nSPS) is 13.4. The molecule has 0 saturated heterocycles. The number of rotatable bonds is 8. The van der Waals surface area contributed by atoms with Gasteiger partial charge in [0, 0.05) is 6.08 Å². The summed E-state index contributed by atoms with van der Waals surface area (Å²) in [6, 6.07) is 0. The summed E-state index contributed by atoms with van der Waals surface area (Å²) in [7, 11) is 1.33. The molecule has 0 amide bonds. The van der Waals surface area contributed by atoms with Gasteiger partial charge in [0.15, 0.2) is 0 Å². The third kappa shape index (κ3) is 11.5. The second-order valence-corrected chi connectivity index (χ2v) is 4.92. The molecule has 0 bridgehead atoms. The van der Waals surface area contributed by atoms with Crippen molar-refractivity contribution in [2.24, 2.45) is 0 Å². The Hall–Kier alpha value is -1.35. The van der Waals surface area contributed by atoms with E-state index in [1.165, 1.54) is 24.3 Å². The molecule has 0 aliphatic heterocycles. The van der Waals surface area contributed by atoms with Crippen LogP contribution in [0, 0.1) is 0 Å². The van der Waals surface area contributed by atoms with Gasteiger partial charge < -0.3 is 9.84 Å². The first kappa shape index (κ1) is 17.6. The zero-order chi connectivity index (χ0) is 14.7. The minimum Gasteiger partial charge on any atom is -0.466 e. The van der Waals surface area contributed by atoms with Crippen LogP contribution in [0.25, 0.3) is 0 Å². The van der Waals surface area contributed by atoms with Crippen LogP contribution in [-0.2, 0) is 9.53 Å². The Bertz CT molecular complexity index is 347. The first-order chi connectivity index (χ1) is 8.95. The Morgan fingerprint density at radius 1 is 1.21 bits per heavy atom. The molecular weight excluding hydrogens is 240 g/mol. The van der Waals surface area contributed by atoms with E-state index in [4.69, 9.17) is 0 Å². The van der Waals surface area contributed by atoms with Crippen molar-refractivity contribution in [3.8, 4) is 0 Å². The summed E-state index contributed by atoms with van der Waals surface area (Å²) in [5.41, 5.74) is 2.62. The van der Waals surface area contributed by atoms with E-state index in [2.05, 4.69) is 37.7 Å². The van der Waals surface area contributed by atoms with E-state index in [1.807, 2.05) is 0 Å². The molecule has 1 N–H and O–H groups in total. The van der Waals surface area contributed by atoms with E-state index < -0.39 is 6.10 Å². The van der Waals surface area contributed by atoms with Crippen LogP contribution >= 0.6 is 0 Å². The predicted molar refractivity (Wildman–Crippen MR) is 78.8 cm³/mol. The van der Waals surface area contributed by atoms with E-state index in [0.29, 0.717) is 12.8 Å². The van der Waals surface area contributed by atoms with Gasteiger partial charge in [-0.1, -0.05) is 29.4 Å². The van der Waals surface area contributed by atoms with Crippen molar-refractivity contribution in [2.75, 3.05) is 7.11 Å². The van der Waals surface area contributed by atoms with Crippen molar-refractivity contribution in [3.63, 3.8) is 0 Å². The van der Waals surface area contributed by atoms with Gasteiger partial charge in [-0.15, -0.1) is 0 Å². The summed E-state index contributed by atoms with van der Waals surface area (Å²) < 4.78 is 4.47. The minimum absolute atomic E-state index is 0.388. The van der Waals surface area contributed by atoms with Crippen LogP contribution < -0.4 is 0 Å². The maximum absolute atomic E-state index is 10.8. The molecular formula is C16H26O3. The molecule has 0 aromatic heterocycles. The Morgan fingerprint density at radius 2 is 1.89 bits per heavy atom.